The number of carbonyl (C=O) groups excluding carboxylic acids is 1. The third-order valence-corrected chi connectivity index (χ3v) is 4.99. The Kier molecular flexibility index (Phi) is 7.10. The van der Waals surface area contributed by atoms with E-state index in [0.717, 1.165) is 44.7 Å². The van der Waals surface area contributed by atoms with Crippen LogP contribution in [0.25, 0.3) is 0 Å². The number of nitrogens with zero attached hydrogens (tertiary/aromatic N) is 1. The average Bonchev–Trinajstić information content (AvgIpc) is 2.56. The monoisotopic (exact) mass is 332 g/mol. The Bertz CT molecular complexity index is 528. The second-order valence-electron chi connectivity index (χ2n) is 6.90. The molecule has 4 nitrogen and oxygen atoms in total. The highest BCUT2D eigenvalue weighted by Crippen LogP contribution is 2.32. The number of amides is 1. The van der Waals surface area contributed by atoms with Crippen LogP contribution >= 0.6 is 0 Å². The zero-order valence-electron chi connectivity index (χ0n) is 15.4. The Morgan fingerprint density at radius 3 is 2.33 bits per heavy atom. The van der Waals surface area contributed by atoms with Gasteiger partial charge in [0.1, 0.15) is 0 Å². The van der Waals surface area contributed by atoms with Gasteiger partial charge in [0.2, 0.25) is 5.91 Å². The van der Waals surface area contributed by atoms with Crippen LogP contribution in [0.15, 0.2) is 12.1 Å². The minimum Gasteiger partial charge on any atom is -0.378 e. The van der Waals surface area contributed by atoms with Gasteiger partial charge in [-0.2, -0.15) is 0 Å². The van der Waals surface area contributed by atoms with Crippen molar-refractivity contribution in [1.29, 1.82) is 0 Å². The first-order valence-corrected chi connectivity index (χ1v) is 9.27. The molecule has 1 aromatic carbocycles. The number of unbranched alkanes of at least 4 members (excludes halogenated alkanes) is 3. The number of hydrogen-bond acceptors (Lipinski definition) is 3. The molecule has 1 aromatic rings. The highest BCUT2D eigenvalue weighted by molar-refractivity contribution is 5.83. The smallest absolute Gasteiger partial charge is 0.224 e. The molecule has 24 heavy (non-hydrogen) atoms. The minimum atomic E-state index is -0.197. The van der Waals surface area contributed by atoms with Gasteiger partial charge in [0.15, 0.2) is 0 Å². The van der Waals surface area contributed by atoms with E-state index in [2.05, 4.69) is 37.8 Å². The van der Waals surface area contributed by atoms with Gasteiger partial charge in [0.05, 0.1) is 19.1 Å². The van der Waals surface area contributed by atoms with Crippen molar-refractivity contribution in [3.05, 3.63) is 28.8 Å². The minimum absolute atomic E-state index is 0.166. The first-order chi connectivity index (χ1) is 11.5. The van der Waals surface area contributed by atoms with Crippen molar-refractivity contribution in [2.24, 2.45) is 5.73 Å². The van der Waals surface area contributed by atoms with Crippen molar-refractivity contribution in [1.82, 2.24) is 0 Å². The Morgan fingerprint density at radius 1 is 1.17 bits per heavy atom. The largest absolute Gasteiger partial charge is 0.378 e. The molecule has 1 heterocycles. The predicted molar refractivity (Wildman–Crippen MR) is 99.6 cm³/mol. The molecule has 1 aliphatic heterocycles. The second-order valence-corrected chi connectivity index (χ2v) is 6.90. The van der Waals surface area contributed by atoms with E-state index in [-0.39, 0.29) is 11.8 Å². The highest BCUT2D eigenvalue weighted by Gasteiger charge is 2.23. The number of morpholine rings is 1. The molecular formula is C20H32N2O2. The van der Waals surface area contributed by atoms with Gasteiger partial charge in [0, 0.05) is 18.8 Å². The number of ether oxygens (including phenoxy) is 1. The van der Waals surface area contributed by atoms with Crippen LogP contribution in [0.2, 0.25) is 0 Å². The molecule has 1 unspecified atom stereocenters. The summed E-state index contributed by atoms with van der Waals surface area (Å²) in [6.07, 6.45) is 5.51. The summed E-state index contributed by atoms with van der Waals surface area (Å²) in [5.74, 6) is -0.364. The van der Waals surface area contributed by atoms with Crippen LogP contribution < -0.4 is 10.6 Å². The maximum Gasteiger partial charge on any atom is 0.224 e. The van der Waals surface area contributed by atoms with E-state index in [0.29, 0.717) is 0 Å². The molecule has 0 aromatic heterocycles. The lowest BCUT2D eigenvalue weighted by molar-refractivity contribution is -0.119. The Hall–Kier alpha value is -1.55. The van der Waals surface area contributed by atoms with Gasteiger partial charge < -0.3 is 15.4 Å². The van der Waals surface area contributed by atoms with E-state index in [1.165, 1.54) is 36.1 Å². The number of hydrogen-bond donors (Lipinski definition) is 1. The topological polar surface area (TPSA) is 55.6 Å². The number of benzene rings is 1. The van der Waals surface area contributed by atoms with Gasteiger partial charge >= 0.3 is 0 Å². The average molecular weight is 332 g/mol. The molecule has 4 heteroatoms. The number of anilines is 1. The maximum atomic E-state index is 12.0. The molecule has 0 bridgehead atoms. The van der Waals surface area contributed by atoms with Crippen LogP contribution in [0.3, 0.4) is 0 Å². The van der Waals surface area contributed by atoms with Crippen molar-refractivity contribution in [3.63, 3.8) is 0 Å². The summed E-state index contributed by atoms with van der Waals surface area (Å²) < 4.78 is 5.44. The fraction of sp³-hybridized carbons (Fsp3) is 0.650. The number of nitrogens with two attached hydrogens (primary N) is 1. The summed E-state index contributed by atoms with van der Waals surface area (Å²) in [5.41, 5.74) is 10.5. The third-order valence-electron chi connectivity index (χ3n) is 4.99. The SMILES string of the molecule is CCCCCCC(C(N)=O)c1c(C)cc(N2CCOCC2)cc1C. The standard InChI is InChI=1S/C20H32N2O2/c1-4-5-6-7-8-18(20(21)23)19-15(2)13-17(14-16(19)3)22-9-11-24-12-10-22/h13-14,18H,4-12H2,1-3H3,(H2,21,23). The number of rotatable bonds is 8. The molecule has 2 rings (SSSR count). The molecule has 1 amide bonds. The van der Waals surface area contributed by atoms with Crippen molar-refractivity contribution >= 4 is 11.6 Å². The molecular weight excluding hydrogens is 300 g/mol. The van der Waals surface area contributed by atoms with Gasteiger partial charge in [0.25, 0.3) is 0 Å². The van der Waals surface area contributed by atoms with Crippen LogP contribution in [-0.2, 0) is 9.53 Å². The zero-order chi connectivity index (χ0) is 17.5. The number of primary amides is 1. The van der Waals surface area contributed by atoms with Crippen molar-refractivity contribution in [2.75, 3.05) is 31.2 Å². The summed E-state index contributed by atoms with van der Waals surface area (Å²) in [4.78, 5) is 14.4. The molecule has 0 radical (unpaired) electrons. The molecule has 2 N–H and O–H groups in total. The Balaban J connectivity index is 2.19. The van der Waals surface area contributed by atoms with Gasteiger partial charge in [-0.15, -0.1) is 0 Å². The summed E-state index contributed by atoms with van der Waals surface area (Å²) in [7, 11) is 0. The second kappa shape index (κ2) is 9.07. The Labute approximate surface area is 146 Å². The lowest BCUT2D eigenvalue weighted by Gasteiger charge is -2.30. The van der Waals surface area contributed by atoms with Crippen molar-refractivity contribution in [3.8, 4) is 0 Å². The van der Waals surface area contributed by atoms with E-state index < -0.39 is 0 Å². The third kappa shape index (κ3) is 4.73. The van der Waals surface area contributed by atoms with Crippen LogP contribution in [0.1, 0.15) is 61.6 Å². The molecule has 134 valence electrons. The van der Waals surface area contributed by atoms with Crippen LogP contribution in [-0.4, -0.2) is 32.2 Å². The first-order valence-electron chi connectivity index (χ1n) is 9.27. The van der Waals surface area contributed by atoms with Crippen LogP contribution in [0, 0.1) is 13.8 Å². The fourth-order valence-electron chi connectivity index (χ4n) is 3.71. The molecule has 1 fully saturated rings. The van der Waals surface area contributed by atoms with Gasteiger partial charge in [-0.25, -0.2) is 0 Å². The van der Waals surface area contributed by atoms with E-state index in [4.69, 9.17) is 10.5 Å². The zero-order valence-corrected chi connectivity index (χ0v) is 15.4. The quantitative estimate of drug-likeness (QED) is 0.739. The first kappa shape index (κ1) is 18.8. The lowest BCUT2D eigenvalue weighted by atomic mass is 9.86. The number of carbonyl (C=O) groups is 1. The number of aryl methyl sites for hydroxylation is 2. The van der Waals surface area contributed by atoms with Crippen LogP contribution in [0.5, 0.6) is 0 Å². The van der Waals surface area contributed by atoms with E-state index in [1.54, 1.807) is 0 Å². The fourth-order valence-corrected chi connectivity index (χ4v) is 3.71. The summed E-state index contributed by atoms with van der Waals surface area (Å²) in [6.45, 7) is 9.82. The van der Waals surface area contributed by atoms with Crippen LogP contribution in [0.4, 0.5) is 5.69 Å². The van der Waals surface area contributed by atoms with Gasteiger partial charge in [-0.1, -0.05) is 32.6 Å². The molecule has 1 aliphatic rings. The molecule has 1 saturated heterocycles. The molecule has 1 atom stereocenters. The molecule has 0 spiro atoms. The predicted octanol–water partition coefficient (Wildman–Crippen LogP) is 3.68. The summed E-state index contributed by atoms with van der Waals surface area (Å²) in [6, 6.07) is 4.41. The van der Waals surface area contributed by atoms with E-state index in [1.807, 2.05) is 0 Å². The normalized spacial score (nSPS) is 16.2. The molecule has 0 saturated carbocycles. The maximum absolute atomic E-state index is 12.0. The van der Waals surface area contributed by atoms with Gasteiger partial charge in [-0.3, -0.25) is 4.79 Å². The van der Waals surface area contributed by atoms with E-state index in [9.17, 15) is 4.79 Å². The lowest BCUT2D eigenvalue weighted by Crippen LogP contribution is -2.36. The molecule has 0 aliphatic carbocycles. The summed E-state index contributed by atoms with van der Waals surface area (Å²) >= 11 is 0. The van der Waals surface area contributed by atoms with Crippen molar-refractivity contribution < 1.29 is 9.53 Å². The van der Waals surface area contributed by atoms with Gasteiger partial charge in [-0.05, 0) is 49.1 Å². The highest BCUT2D eigenvalue weighted by atomic mass is 16.5. The Morgan fingerprint density at radius 2 is 1.79 bits per heavy atom. The van der Waals surface area contributed by atoms with Crippen molar-refractivity contribution in [2.45, 2.75) is 58.8 Å². The summed E-state index contributed by atoms with van der Waals surface area (Å²) in [5, 5.41) is 0. The van der Waals surface area contributed by atoms with E-state index >= 15 is 0 Å².